The molecule has 95 valence electrons. The minimum Gasteiger partial charge on any atom is -0.481 e. The lowest BCUT2D eigenvalue weighted by Crippen LogP contribution is -2.52. The van der Waals surface area contributed by atoms with E-state index in [1.54, 1.807) is 6.42 Å². The van der Waals surface area contributed by atoms with E-state index in [2.05, 4.69) is 0 Å². The first-order valence-electron chi connectivity index (χ1n) is 5.56. The topological polar surface area (TPSA) is 123 Å². The van der Waals surface area contributed by atoms with Gasteiger partial charge in [-0.25, -0.2) is 0 Å². The number of amides is 1. The minimum atomic E-state index is -1.37. The highest BCUT2D eigenvalue weighted by Crippen LogP contribution is 2.37. The van der Waals surface area contributed by atoms with Crippen LogP contribution in [0.15, 0.2) is 0 Å². The Bertz CT molecular complexity index is 334. The molecule has 1 fully saturated rings. The fraction of sp³-hybridized carbons (Fsp3) is 0.636. The van der Waals surface area contributed by atoms with Crippen LogP contribution in [0.1, 0.15) is 32.1 Å². The number of ketones is 1. The van der Waals surface area contributed by atoms with E-state index in [1.807, 2.05) is 0 Å². The smallest absolute Gasteiger partial charge is 0.305 e. The summed E-state index contributed by atoms with van der Waals surface area (Å²) >= 11 is 0. The summed E-state index contributed by atoms with van der Waals surface area (Å²) in [5.41, 5.74) is 9.42. The zero-order valence-electron chi connectivity index (χ0n) is 9.52. The Hall–Kier alpha value is -1.43. The second kappa shape index (κ2) is 5.27. The van der Waals surface area contributed by atoms with Gasteiger partial charge in [-0.1, -0.05) is 12.8 Å². The Morgan fingerprint density at radius 2 is 2.00 bits per heavy atom. The zero-order valence-corrected chi connectivity index (χ0v) is 9.52. The van der Waals surface area contributed by atoms with Gasteiger partial charge in [0.25, 0.3) is 0 Å². The van der Waals surface area contributed by atoms with E-state index >= 15 is 0 Å². The molecule has 17 heavy (non-hydrogen) atoms. The predicted octanol–water partition coefficient (Wildman–Crippen LogP) is -0.393. The number of primary amides is 1. The van der Waals surface area contributed by atoms with Crippen molar-refractivity contribution in [3.05, 3.63) is 6.42 Å². The molecular weight excluding hydrogens is 224 g/mol. The predicted molar refractivity (Wildman–Crippen MR) is 59.6 cm³/mol. The summed E-state index contributed by atoms with van der Waals surface area (Å²) in [6, 6.07) is -1.19. The van der Waals surface area contributed by atoms with E-state index < -0.39 is 35.5 Å². The van der Waals surface area contributed by atoms with Gasteiger partial charge in [0, 0.05) is 0 Å². The highest BCUT2D eigenvalue weighted by molar-refractivity contribution is 6.09. The first kappa shape index (κ1) is 13.6. The van der Waals surface area contributed by atoms with Crippen LogP contribution in [-0.2, 0) is 14.4 Å². The van der Waals surface area contributed by atoms with Gasteiger partial charge < -0.3 is 16.6 Å². The number of carbonyl (C=O) groups is 3. The Labute approximate surface area is 99.3 Å². The van der Waals surface area contributed by atoms with Crippen LogP contribution in [-0.4, -0.2) is 28.8 Å². The summed E-state index contributed by atoms with van der Waals surface area (Å²) in [6.45, 7) is 0. The number of carboxylic acids is 1. The fourth-order valence-corrected chi connectivity index (χ4v) is 2.18. The molecule has 1 aliphatic rings. The summed E-state index contributed by atoms with van der Waals surface area (Å²) in [4.78, 5) is 34.1. The molecule has 1 saturated carbocycles. The molecular formula is C11H17N2O4. The van der Waals surface area contributed by atoms with Gasteiger partial charge in [0.1, 0.15) is 5.41 Å². The number of carboxylic acid groups (broad SMARTS) is 1. The monoisotopic (exact) mass is 241 g/mol. The SMILES string of the molecule is NC(=O)C1(C(=O)[C@@H](N)CC(=O)O)[CH]CCCC1. The van der Waals surface area contributed by atoms with Crippen molar-refractivity contribution in [3.63, 3.8) is 0 Å². The van der Waals surface area contributed by atoms with Crippen molar-refractivity contribution in [2.75, 3.05) is 0 Å². The van der Waals surface area contributed by atoms with Crippen LogP contribution < -0.4 is 11.5 Å². The number of hydrogen-bond acceptors (Lipinski definition) is 4. The zero-order chi connectivity index (χ0) is 13.1. The van der Waals surface area contributed by atoms with Crippen LogP contribution in [0.2, 0.25) is 0 Å². The van der Waals surface area contributed by atoms with Gasteiger partial charge in [-0.15, -0.1) is 0 Å². The van der Waals surface area contributed by atoms with E-state index in [1.165, 1.54) is 0 Å². The Morgan fingerprint density at radius 3 is 2.41 bits per heavy atom. The molecule has 1 amide bonds. The molecule has 1 radical (unpaired) electrons. The van der Waals surface area contributed by atoms with Crippen molar-refractivity contribution in [1.29, 1.82) is 0 Å². The molecule has 0 spiro atoms. The second-order valence-electron chi connectivity index (χ2n) is 4.35. The molecule has 2 atom stereocenters. The van der Waals surface area contributed by atoms with Gasteiger partial charge in [0.15, 0.2) is 5.78 Å². The van der Waals surface area contributed by atoms with Crippen molar-refractivity contribution in [1.82, 2.24) is 0 Å². The molecule has 1 unspecified atom stereocenters. The van der Waals surface area contributed by atoms with Crippen LogP contribution in [0, 0.1) is 11.8 Å². The number of carbonyl (C=O) groups excluding carboxylic acids is 2. The molecule has 0 bridgehead atoms. The van der Waals surface area contributed by atoms with E-state index in [0.717, 1.165) is 6.42 Å². The maximum Gasteiger partial charge on any atom is 0.305 e. The van der Waals surface area contributed by atoms with Crippen molar-refractivity contribution in [2.24, 2.45) is 16.9 Å². The van der Waals surface area contributed by atoms with Gasteiger partial charge in [-0.2, -0.15) is 0 Å². The molecule has 6 heteroatoms. The number of rotatable bonds is 5. The third kappa shape index (κ3) is 2.82. The van der Waals surface area contributed by atoms with Gasteiger partial charge in [-0.3, -0.25) is 14.4 Å². The van der Waals surface area contributed by atoms with Crippen molar-refractivity contribution in [2.45, 2.75) is 38.1 Å². The van der Waals surface area contributed by atoms with Crippen molar-refractivity contribution >= 4 is 17.7 Å². The van der Waals surface area contributed by atoms with Crippen molar-refractivity contribution in [3.8, 4) is 0 Å². The van der Waals surface area contributed by atoms with E-state index in [0.29, 0.717) is 19.3 Å². The number of hydrogen-bond donors (Lipinski definition) is 3. The molecule has 0 aromatic rings. The Kier molecular flexibility index (Phi) is 4.22. The fourth-order valence-electron chi connectivity index (χ4n) is 2.18. The van der Waals surface area contributed by atoms with Crippen molar-refractivity contribution < 1.29 is 19.5 Å². The van der Waals surface area contributed by atoms with E-state index in [9.17, 15) is 14.4 Å². The maximum atomic E-state index is 12.1. The van der Waals surface area contributed by atoms with Crippen LogP contribution in [0.5, 0.6) is 0 Å². The molecule has 0 aromatic carbocycles. The number of aliphatic carboxylic acids is 1. The lowest BCUT2D eigenvalue weighted by atomic mass is 9.68. The standard InChI is InChI=1S/C11H17N2O4/c12-7(6-8(14)15)9(16)11(10(13)17)4-2-1-3-5-11/h4,7H,1-3,5-6,12H2,(H2,13,17)(H,14,15)/t7-,11?/m0/s1. The largest absolute Gasteiger partial charge is 0.481 e. The summed E-state index contributed by atoms with van der Waals surface area (Å²) in [5.74, 6) is -2.48. The van der Waals surface area contributed by atoms with Gasteiger partial charge in [0.05, 0.1) is 12.5 Å². The third-order valence-electron chi connectivity index (χ3n) is 3.13. The quantitative estimate of drug-likeness (QED) is 0.565. The Morgan fingerprint density at radius 1 is 1.35 bits per heavy atom. The van der Waals surface area contributed by atoms with Crippen LogP contribution in [0.3, 0.4) is 0 Å². The molecule has 0 aromatic heterocycles. The summed E-state index contributed by atoms with van der Waals surface area (Å²) in [7, 11) is 0. The minimum absolute atomic E-state index is 0.328. The molecule has 1 rings (SSSR count). The molecule has 0 aliphatic heterocycles. The highest BCUT2D eigenvalue weighted by atomic mass is 16.4. The number of nitrogens with two attached hydrogens (primary N) is 2. The Balaban J connectivity index is 2.87. The molecule has 0 saturated heterocycles. The molecule has 5 N–H and O–H groups in total. The first-order chi connectivity index (χ1) is 7.90. The average molecular weight is 241 g/mol. The number of Topliss-reactive ketones (excluding diaryl/α,β-unsaturated/α-hetero) is 1. The maximum absolute atomic E-state index is 12.1. The summed E-state index contributed by atoms with van der Waals surface area (Å²) < 4.78 is 0. The average Bonchev–Trinajstić information content (AvgIpc) is 2.27. The highest BCUT2D eigenvalue weighted by Gasteiger charge is 2.47. The second-order valence-corrected chi connectivity index (χ2v) is 4.35. The van der Waals surface area contributed by atoms with Crippen LogP contribution in [0.4, 0.5) is 0 Å². The van der Waals surface area contributed by atoms with Gasteiger partial charge in [-0.05, 0) is 19.3 Å². The normalized spacial score (nSPS) is 20.5. The van der Waals surface area contributed by atoms with Gasteiger partial charge >= 0.3 is 5.97 Å². The third-order valence-corrected chi connectivity index (χ3v) is 3.13. The molecule has 0 heterocycles. The summed E-state index contributed by atoms with van der Waals surface area (Å²) in [5, 5.41) is 8.60. The summed E-state index contributed by atoms with van der Waals surface area (Å²) in [6.07, 6.45) is 3.66. The van der Waals surface area contributed by atoms with Crippen LogP contribution in [0.25, 0.3) is 0 Å². The van der Waals surface area contributed by atoms with Gasteiger partial charge in [0.2, 0.25) is 5.91 Å². The van der Waals surface area contributed by atoms with E-state index in [-0.39, 0.29) is 0 Å². The molecule has 1 aliphatic carbocycles. The lowest BCUT2D eigenvalue weighted by molar-refractivity contribution is -0.144. The first-order valence-corrected chi connectivity index (χ1v) is 5.56. The van der Waals surface area contributed by atoms with Crippen LogP contribution >= 0.6 is 0 Å². The lowest BCUT2D eigenvalue weighted by Gasteiger charge is -2.34. The van der Waals surface area contributed by atoms with E-state index in [4.69, 9.17) is 16.6 Å². The molecule has 6 nitrogen and oxygen atoms in total.